The van der Waals surface area contributed by atoms with E-state index < -0.39 is 0 Å². The molecule has 3 nitrogen and oxygen atoms in total. The number of hydrogen-bond donors (Lipinski definition) is 1. The summed E-state index contributed by atoms with van der Waals surface area (Å²) in [5.41, 5.74) is 7.89. The van der Waals surface area contributed by atoms with E-state index in [0.717, 1.165) is 0 Å². The summed E-state index contributed by atoms with van der Waals surface area (Å²) in [5.74, 6) is 5.65. The minimum atomic E-state index is 0.502. The highest BCUT2D eigenvalue weighted by molar-refractivity contribution is 6.09. The molecule has 17 heavy (non-hydrogen) atoms. The van der Waals surface area contributed by atoms with Crippen LogP contribution in [0.5, 0.6) is 0 Å². The Hall–Kier alpha value is -2.78. The molecule has 0 atom stereocenters. The highest BCUT2D eigenvalue weighted by Gasteiger charge is 1.97. The normalized spacial score (nSPS) is 9.71. The number of allylic oxidation sites excluding steroid dienone is 1. The van der Waals surface area contributed by atoms with Crippen molar-refractivity contribution in [2.24, 2.45) is 4.99 Å². The molecule has 3 heteroatoms. The van der Waals surface area contributed by atoms with Gasteiger partial charge in [0.05, 0.1) is 11.6 Å². The Labute approximate surface area is 101 Å². The summed E-state index contributed by atoms with van der Waals surface area (Å²) in [6, 6.07) is 6.97. The maximum atomic E-state index is 8.77. The second-order valence-electron chi connectivity index (χ2n) is 3.06. The van der Waals surface area contributed by atoms with E-state index >= 15 is 0 Å². The van der Waals surface area contributed by atoms with Crippen LogP contribution in [0.3, 0.4) is 0 Å². The fourth-order valence-electron chi connectivity index (χ4n) is 1.10. The first-order valence-corrected chi connectivity index (χ1v) is 4.84. The smallest absolute Gasteiger partial charge is 0.112 e. The SMILES string of the molecule is C=CN=C(C#Cc1cc(C#N)ccc1N)C=C. The number of nitrogens with zero attached hydrogens (tertiary/aromatic N) is 2. The van der Waals surface area contributed by atoms with E-state index in [1.807, 2.05) is 6.07 Å². The van der Waals surface area contributed by atoms with Crippen molar-refractivity contribution in [1.29, 1.82) is 5.26 Å². The molecule has 0 radical (unpaired) electrons. The van der Waals surface area contributed by atoms with Crippen LogP contribution in [-0.2, 0) is 0 Å². The molecule has 82 valence electrons. The molecular formula is C14H11N3. The minimum absolute atomic E-state index is 0.502. The lowest BCUT2D eigenvalue weighted by Crippen LogP contribution is -1.92. The van der Waals surface area contributed by atoms with E-state index in [-0.39, 0.29) is 0 Å². The Morgan fingerprint density at radius 2 is 2.18 bits per heavy atom. The third-order valence-electron chi connectivity index (χ3n) is 1.93. The summed E-state index contributed by atoms with van der Waals surface area (Å²) in [6.45, 7) is 7.06. The molecule has 0 fully saturated rings. The molecule has 1 aromatic rings. The van der Waals surface area contributed by atoms with Crippen LogP contribution in [-0.4, -0.2) is 5.71 Å². The molecule has 0 amide bonds. The summed E-state index contributed by atoms with van der Waals surface area (Å²) in [7, 11) is 0. The summed E-state index contributed by atoms with van der Waals surface area (Å²) >= 11 is 0. The highest BCUT2D eigenvalue weighted by atomic mass is 14.7. The van der Waals surface area contributed by atoms with E-state index in [1.54, 1.807) is 18.2 Å². The van der Waals surface area contributed by atoms with Crippen molar-refractivity contribution in [3.63, 3.8) is 0 Å². The number of rotatable bonds is 2. The molecule has 0 heterocycles. The van der Waals surface area contributed by atoms with Crippen molar-refractivity contribution in [3.05, 3.63) is 54.8 Å². The van der Waals surface area contributed by atoms with Crippen LogP contribution in [0.4, 0.5) is 5.69 Å². The Bertz CT molecular complexity index is 578. The number of nitrogens with two attached hydrogens (primary N) is 1. The Morgan fingerprint density at radius 3 is 2.76 bits per heavy atom. The zero-order chi connectivity index (χ0) is 12.7. The summed E-state index contributed by atoms with van der Waals surface area (Å²) in [5, 5.41) is 8.77. The number of hydrogen-bond acceptors (Lipinski definition) is 3. The van der Waals surface area contributed by atoms with Crippen LogP contribution >= 0.6 is 0 Å². The van der Waals surface area contributed by atoms with Gasteiger partial charge < -0.3 is 5.73 Å². The molecule has 0 bridgehead atoms. The third-order valence-corrected chi connectivity index (χ3v) is 1.93. The first-order valence-electron chi connectivity index (χ1n) is 4.84. The van der Waals surface area contributed by atoms with Gasteiger partial charge >= 0.3 is 0 Å². The molecule has 0 aliphatic heterocycles. The van der Waals surface area contributed by atoms with Gasteiger partial charge in [0.25, 0.3) is 0 Å². The van der Waals surface area contributed by atoms with Crippen LogP contribution in [0, 0.1) is 23.2 Å². The van der Waals surface area contributed by atoms with Crippen LogP contribution in [0.25, 0.3) is 0 Å². The summed E-state index contributed by atoms with van der Waals surface area (Å²) < 4.78 is 0. The van der Waals surface area contributed by atoms with Gasteiger partial charge in [-0.25, -0.2) is 4.99 Å². The van der Waals surface area contributed by atoms with Crippen LogP contribution in [0.15, 0.2) is 48.6 Å². The zero-order valence-corrected chi connectivity index (χ0v) is 9.27. The van der Waals surface area contributed by atoms with Gasteiger partial charge in [-0.3, -0.25) is 0 Å². The first-order chi connectivity index (χ1) is 8.21. The maximum absolute atomic E-state index is 8.77. The van der Waals surface area contributed by atoms with Crippen molar-refractivity contribution in [1.82, 2.24) is 0 Å². The predicted octanol–water partition coefficient (Wildman–Crippen LogP) is 2.26. The lowest BCUT2D eigenvalue weighted by atomic mass is 10.1. The number of nitriles is 1. The van der Waals surface area contributed by atoms with Gasteiger partial charge in [-0.15, -0.1) is 0 Å². The monoisotopic (exact) mass is 221 g/mol. The average Bonchev–Trinajstić information content (AvgIpc) is 2.36. The van der Waals surface area contributed by atoms with Crippen molar-refractivity contribution < 1.29 is 0 Å². The Balaban J connectivity index is 3.15. The number of aliphatic imine (C=N–C) groups is 1. The summed E-state index contributed by atoms with van der Waals surface area (Å²) in [4.78, 5) is 3.91. The van der Waals surface area contributed by atoms with Gasteiger partial charge in [-0.05, 0) is 30.2 Å². The lowest BCUT2D eigenvalue weighted by molar-refractivity contribution is 1.48. The molecule has 1 aromatic carbocycles. The molecule has 0 aliphatic carbocycles. The first kappa shape index (κ1) is 12.3. The largest absolute Gasteiger partial charge is 0.398 e. The maximum Gasteiger partial charge on any atom is 0.112 e. The van der Waals surface area contributed by atoms with Crippen LogP contribution < -0.4 is 5.73 Å². The number of anilines is 1. The van der Waals surface area contributed by atoms with Gasteiger partial charge in [-0.1, -0.05) is 19.1 Å². The second kappa shape index (κ2) is 5.95. The standard InChI is InChI=1S/C14H11N3/c1-3-13(17-4-2)7-6-12-9-11(10-15)5-8-14(12)16/h3-5,8-9H,1-2,16H2. The molecule has 0 aromatic heterocycles. The van der Waals surface area contributed by atoms with Crippen molar-refractivity contribution in [3.8, 4) is 17.9 Å². The molecule has 2 N–H and O–H groups in total. The third kappa shape index (κ3) is 3.37. The highest BCUT2D eigenvalue weighted by Crippen LogP contribution is 2.12. The fourth-order valence-corrected chi connectivity index (χ4v) is 1.10. The van der Waals surface area contributed by atoms with E-state index in [4.69, 9.17) is 11.0 Å². The van der Waals surface area contributed by atoms with E-state index in [9.17, 15) is 0 Å². The van der Waals surface area contributed by atoms with E-state index in [2.05, 4.69) is 30.0 Å². The Kier molecular flexibility index (Phi) is 4.30. The van der Waals surface area contributed by atoms with Crippen molar-refractivity contribution in [2.75, 3.05) is 5.73 Å². The number of benzene rings is 1. The average molecular weight is 221 g/mol. The topological polar surface area (TPSA) is 62.2 Å². The predicted molar refractivity (Wildman–Crippen MR) is 70.3 cm³/mol. The fraction of sp³-hybridized carbons (Fsp3) is 0. The molecular weight excluding hydrogens is 210 g/mol. The van der Waals surface area contributed by atoms with Gasteiger partial charge in [0.2, 0.25) is 0 Å². The molecule has 1 rings (SSSR count). The van der Waals surface area contributed by atoms with Crippen LogP contribution in [0.1, 0.15) is 11.1 Å². The Morgan fingerprint density at radius 1 is 1.41 bits per heavy atom. The zero-order valence-electron chi connectivity index (χ0n) is 9.27. The van der Waals surface area contributed by atoms with Gasteiger partial charge in [0, 0.05) is 17.5 Å². The minimum Gasteiger partial charge on any atom is -0.398 e. The van der Waals surface area contributed by atoms with Gasteiger partial charge in [0.15, 0.2) is 0 Å². The second-order valence-corrected chi connectivity index (χ2v) is 3.06. The van der Waals surface area contributed by atoms with E-state index in [1.165, 1.54) is 12.3 Å². The van der Waals surface area contributed by atoms with Crippen molar-refractivity contribution >= 4 is 11.4 Å². The van der Waals surface area contributed by atoms with Crippen molar-refractivity contribution in [2.45, 2.75) is 0 Å². The lowest BCUT2D eigenvalue weighted by Gasteiger charge is -1.97. The van der Waals surface area contributed by atoms with Crippen LogP contribution in [0.2, 0.25) is 0 Å². The molecule has 0 unspecified atom stereocenters. The van der Waals surface area contributed by atoms with E-state index in [0.29, 0.717) is 22.5 Å². The molecule has 0 saturated heterocycles. The summed E-state index contributed by atoms with van der Waals surface area (Å²) in [6.07, 6.45) is 2.92. The number of nitrogen functional groups attached to an aromatic ring is 1. The van der Waals surface area contributed by atoms with Gasteiger partial charge in [0.1, 0.15) is 5.71 Å². The molecule has 0 aliphatic rings. The molecule has 0 saturated carbocycles. The molecule has 0 spiro atoms. The van der Waals surface area contributed by atoms with Gasteiger partial charge in [-0.2, -0.15) is 5.26 Å². The quantitative estimate of drug-likeness (QED) is 0.473.